The third-order valence-electron chi connectivity index (χ3n) is 7.60. The largest absolute Gasteiger partial charge is 0.508 e. The van der Waals surface area contributed by atoms with Crippen molar-refractivity contribution in [2.75, 3.05) is 6.54 Å². The zero-order valence-electron chi connectivity index (χ0n) is 23.9. The standard InChI is InChI=1S/C31H39N5O6/c1-18(2)14-25(34-28(38)23(32)15-19-9-11-21(37)12-10-19)29(39)35-26(30(40)36-13-5-8-27(36)31(41)42)16-20-17-33-24-7-4-3-6-22(20)24/h3-4,6-7,9-12,17-18,23,25-27,33,37H,5,8,13-16,32H2,1-2H3,(H,34,38)(H,35,39)(H,41,42). The van der Waals surface area contributed by atoms with Gasteiger partial charge < -0.3 is 36.5 Å². The van der Waals surface area contributed by atoms with E-state index in [-0.39, 0.29) is 31.1 Å². The third kappa shape index (κ3) is 7.47. The molecule has 4 unspecified atom stereocenters. The Bertz CT molecular complexity index is 1420. The molecule has 3 amide bonds. The second-order valence-corrected chi connectivity index (χ2v) is 11.3. The lowest BCUT2D eigenvalue weighted by molar-refractivity contribution is -0.149. The number of amides is 3. The Morgan fingerprint density at radius 3 is 2.38 bits per heavy atom. The van der Waals surface area contributed by atoms with Crippen LogP contribution in [-0.2, 0) is 32.0 Å². The van der Waals surface area contributed by atoms with E-state index in [0.717, 1.165) is 22.0 Å². The smallest absolute Gasteiger partial charge is 0.326 e. The molecule has 1 aromatic heterocycles. The van der Waals surface area contributed by atoms with E-state index in [1.807, 2.05) is 38.1 Å². The van der Waals surface area contributed by atoms with Crippen molar-refractivity contribution in [3.63, 3.8) is 0 Å². The van der Waals surface area contributed by atoms with Crippen LogP contribution >= 0.6 is 0 Å². The number of carbonyl (C=O) groups excluding carboxylic acids is 3. The van der Waals surface area contributed by atoms with Gasteiger partial charge in [0.1, 0.15) is 23.9 Å². The number of hydrogen-bond donors (Lipinski definition) is 6. The van der Waals surface area contributed by atoms with Crippen LogP contribution in [-0.4, -0.2) is 74.5 Å². The maximum absolute atomic E-state index is 13.8. The number of H-pyrrole nitrogens is 1. The van der Waals surface area contributed by atoms with Gasteiger partial charge in [-0.05, 0) is 60.9 Å². The van der Waals surface area contributed by atoms with Crippen LogP contribution in [0.5, 0.6) is 5.75 Å². The zero-order chi connectivity index (χ0) is 30.4. The number of aliphatic carboxylic acids is 1. The number of hydrogen-bond acceptors (Lipinski definition) is 6. The van der Waals surface area contributed by atoms with Crippen LogP contribution < -0.4 is 16.4 Å². The first-order chi connectivity index (χ1) is 20.0. The summed E-state index contributed by atoms with van der Waals surface area (Å²) in [4.78, 5) is 56.9. The normalized spacial score (nSPS) is 17.1. The number of phenolic OH excluding ortho intramolecular Hbond substituents is 1. The number of carboxylic acids is 1. The molecule has 2 aromatic carbocycles. The molecule has 224 valence electrons. The number of aromatic hydroxyl groups is 1. The molecule has 1 aliphatic heterocycles. The van der Waals surface area contributed by atoms with Gasteiger partial charge in [0.25, 0.3) is 0 Å². The molecule has 4 atom stereocenters. The molecule has 0 aliphatic carbocycles. The zero-order valence-corrected chi connectivity index (χ0v) is 23.9. The molecule has 1 saturated heterocycles. The highest BCUT2D eigenvalue weighted by molar-refractivity contribution is 5.95. The van der Waals surface area contributed by atoms with Crippen LogP contribution in [0.3, 0.4) is 0 Å². The predicted molar refractivity (Wildman–Crippen MR) is 157 cm³/mol. The summed E-state index contributed by atoms with van der Waals surface area (Å²) in [6.07, 6.45) is 3.33. The molecule has 42 heavy (non-hydrogen) atoms. The molecule has 0 spiro atoms. The molecule has 11 nitrogen and oxygen atoms in total. The lowest BCUT2D eigenvalue weighted by Gasteiger charge is -2.29. The van der Waals surface area contributed by atoms with Gasteiger partial charge in [-0.25, -0.2) is 4.79 Å². The van der Waals surface area contributed by atoms with Crippen molar-refractivity contribution in [3.8, 4) is 5.75 Å². The number of aromatic nitrogens is 1. The van der Waals surface area contributed by atoms with Crippen LogP contribution in [0.25, 0.3) is 10.9 Å². The third-order valence-corrected chi connectivity index (χ3v) is 7.60. The number of carbonyl (C=O) groups is 4. The average Bonchev–Trinajstić information content (AvgIpc) is 3.61. The highest BCUT2D eigenvalue weighted by atomic mass is 16.4. The van der Waals surface area contributed by atoms with E-state index in [2.05, 4.69) is 15.6 Å². The van der Waals surface area contributed by atoms with Crippen molar-refractivity contribution < 1.29 is 29.4 Å². The SMILES string of the molecule is CC(C)CC(NC(=O)C(N)Cc1ccc(O)cc1)C(=O)NC(Cc1c[nH]c2ccccc12)C(=O)N1CCCC1C(=O)O. The highest BCUT2D eigenvalue weighted by Crippen LogP contribution is 2.23. The van der Waals surface area contributed by atoms with Gasteiger partial charge in [0.15, 0.2) is 0 Å². The number of rotatable bonds is 12. The van der Waals surface area contributed by atoms with Crippen LogP contribution in [0.2, 0.25) is 0 Å². The Kier molecular flexibility index (Phi) is 9.84. The molecule has 11 heteroatoms. The molecule has 7 N–H and O–H groups in total. The summed E-state index contributed by atoms with van der Waals surface area (Å²) in [5.74, 6) is -2.48. The summed E-state index contributed by atoms with van der Waals surface area (Å²) in [6.45, 7) is 4.12. The molecular formula is C31H39N5O6. The number of phenols is 1. The number of benzene rings is 2. The molecule has 3 aromatic rings. The predicted octanol–water partition coefficient (Wildman–Crippen LogP) is 2.08. The van der Waals surface area contributed by atoms with Crippen LogP contribution in [0.15, 0.2) is 54.7 Å². The fraction of sp³-hybridized carbons (Fsp3) is 0.419. The minimum Gasteiger partial charge on any atom is -0.508 e. The first kappa shape index (κ1) is 30.6. The van der Waals surface area contributed by atoms with Crippen molar-refractivity contribution in [1.82, 2.24) is 20.5 Å². The van der Waals surface area contributed by atoms with Gasteiger partial charge in [-0.1, -0.05) is 44.2 Å². The first-order valence-corrected chi connectivity index (χ1v) is 14.3. The number of aromatic amines is 1. The number of nitrogens with zero attached hydrogens (tertiary/aromatic N) is 1. The number of likely N-dealkylation sites (tertiary alicyclic amines) is 1. The van der Waals surface area contributed by atoms with Gasteiger partial charge >= 0.3 is 5.97 Å². The van der Waals surface area contributed by atoms with Crippen LogP contribution in [0, 0.1) is 5.92 Å². The van der Waals surface area contributed by atoms with Crippen molar-refractivity contribution in [3.05, 3.63) is 65.9 Å². The molecule has 1 aliphatic rings. The van der Waals surface area contributed by atoms with Gasteiger partial charge in [-0.2, -0.15) is 0 Å². The van der Waals surface area contributed by atoms with Crippen molar-refractivity contribution >= 4 is 34.6 Å². The summed E-state index contributed by atoms with van der Waals surface area (Å²) in [6, 6.07) is 10.0. The fourth-order valence-corrected chi connectivity index (χ4v) is 5.44. The minimum atomic E-state index is -1.08. The van der Waals surface area contributed by atoms with Gasteiger partial charge in [0.2, 0.25) is 17.7 Å². The van der Waals surface area contributed by atoms with Crippen LogP contribution in [0.4, 0.5) is 0 Å². The number of nitrogens with one attached hydrogen (secondary N) is 3. The summed E-state index contributed by atoms with van der Waals surface area (Å²) in [7, 11) is 0. The van der Waals surface area contributed by atoms with E-state index in [1.165, 1.54) is 17.0 Å². The van der Waals surface area contributed by atoms with E-state index in [0.29, 0.717) is 19.3 Å². The van der Waals surface area contributed by atoms with Gasteiger partial charge in [-0.3, -0.25) is 14.4 Å². The molecule has 1 fully saturated rings. The number of carboxylic acid groups (broad SMARTS) is 1. The van der Waals surface area contributed by atoms with Crippen molar-refractivity contribution in [2.24, 2.45) is 11.7 Å². The summed E-state index contributed by atoms with van der Waals surface area (Å²) in [5, 5.41) is 25.7. The molecule has 4 rings (SSSR count). The van der Waals surface area contributed by atoms with E-state index >= 15 is 0 Å². The van der Waals surface area contributed by atoms with E-state index in [1.54, 1.807) is 18.3 Å². The van der Waals surface area contributed by atoms with Gasteiger partial charge in [-0.15, -0.1) is 0 Å². The molecule has 0 radical (unpaired) electrons. The quantitative estimate of drug-likeness (QED) is 0.191. The van der Waals surface area contributed by atoms with Crippen molar-refractivity contribution in [1.29, 1.82) is 0 Å². The maximum atomic E-state index is 13.8. The second kappa shape index (κ2) is 13.5. The summed E-state index contributed by atoms with van der Waals surface area (Å²) in [5.41, 5.74) is 8.59. The lowest BCUT2D eigenvalue weighted by Crippen LogP contribution is -2.58. The topological polar surface area (TPSA) is 178 Å². The monoisotopic (exact) mass is 577 g/mol. The molecule has 2 heterocycles. The Balaban J connectivity index is 1.54. The Morgan fingerprint density at radius 1 is 1.00 bits per heavy atom. The summed E-state index contributed by atoms with van der Waals surface area (Å²) >= 11 is 0. The average molecular weight is 578 g/mol. The molecular weight excluding hydrogens is 538 g/mol. The van der Waals surface area contributed by atoms with Gasteiger partial charge in [0, 0.05) is 30.1 Å². The minimum absolute atomic E-state index is 0.0344. The van der Waals surface area contributed by atoms with Gasteiger partial charge in [0.05, 0.1) is 6.04 Å². The lowest BCUT2D eigenvalue weighted by atomic mass is 9.99. The molecule has 0 bridgehead atoms. The fourth-order valence-electron chi connectivity index (χ4n) is 5.44. The van der Waals surface area contributed by atoms with Crippen molar-refractivity contribution in [2.45, 2.75) is 70.1 Å². The maximum Gasteiger partial charge on any atom is 0.326 e. The number of nitrogens with two attached hydrogens (primary N) is 1. The molecule has 0 saturated carbocycles. The highest BCUT2D eigenvalue weighted by Gasteiger charge is 2.38. The Morgan fingerprint density at radius 2 is 1.69 bits per heavy atom. The Hall–Kier alpha value is -4.38. The van der Waals surface area contributed by atoms with E-state index in [9.17, 15) is 29.4 Å². The summed E-state index contributed by atoms with van der Waals surface area (Å²) < 4.78 is 0. The second-order valence-electron chi connectivity index (χ2n) is 11.3. The van der Waals surface area contributed by atoms with E-state index < -0.39 is 47.9 Å². The number of para-hydroxylation sites is 1. The van der Waals surface area contributed by atoms with E-state index in [4.69, 9.17) is 5.73 Å². The number of fused-ring (bicyclic) bond motifs is 1. The Labute approximate surface area is 244 Å². The first-order valence-electron chi connectivity index (χ1n) is 14.3. The van der Waals surface area contributed by atoms with Crippen LogP contribution in [0.1, 0.15) is 44.2 Å².